The minimum atomic E-state index is -0.285. The highest BCUT2D eigenvalue weighted by atomic mass is 16.5. The van der Waals surface area contributed by atoms with E-state index in [-0.39, 0.29) is 17.6 Å². The number of para-hydroxylation sites is 1. The number of aromatic nitrogens is 1. The summed E-state index contributed by atoms with van der Waals surface area (Å²) in [5.41, 5.74) is 5.24. The molecule has 1 aliphatic heterocycles. The van der Waals surface area contributed by atoms with Gasteiger partial charge in [-0.15, -0.1) is 0 Å². The molecule has 1 aromatic heterocycles. The van der Waals surface area contributed by atoms with Crippen LogP contribution < -0.4 is 15.0 Å². The van der Waals surface area contributed by atoms with Crippen molar-refractivity contribution >= 4 is 17.3 Å². The number of nitrogens with zero attached hydrogens (tertiary/aromatic N) is 2. The molecule has 0 fully saturated rings. The van der Waals surface area contributed by atoms with E-state index >= 15 is 0 Å². The van der Waals surface area contributed by atoms with E-state index in [0.29, 0.717) is 6.42 Å². The molecule has 1 unspecified atom stereocenters. The van der Waals surface area contributed by atoms with E-state index in [1.165, 1.54) is 5.56 Å². The number of ether oxygens (including phenoxy) is 1. The molecule has 4 rings (SSSR count). The third kappa shape index (κ3) is 5.10. The van der Waals surface area contributed by atoms with E-state index in [2.05, 4.69) is 67.2 Å². The lowest BCUT2D eigenvalue weighted by molar-refractivity contribution is -0.117. The summed E-state index contributed by atoms with van der Waals surface area (Å²) >= 11 is 0. The summed E-state index contributed by atoms with van der Waals surface area (Å²) in [4.78, 5) is 19.0. The molecular formula is C27H31N3O2. The molecule has 5 nitrogen and oxygen atoms in total. The molecule has 0 aliphatic carbocycles. The summed E-state index contributed by atoms with van der Waals surface area (Å²) in [7, 11) is 0. The zero-order chi connectivity index (χ0) is 22.7. The van der Waals surface area contributed by atoms with Crippen LogP contribution in [-0.4, -0.2) is 17.4 Å². The number of anilines is 2. The minimum absolute atomic E-state index is 0.0402. The number of fused-ring (bicyclic) bond motifs is 1. The van der Waals surface area contributed by atoms with Crippen molar-refractivity contribution in [3.05, 3.63) is 83.7 Å². The van der Waals surface area contributed by atoms with Gasteiger partial charge in [-0.1, -0.05) is 45.0 Å². The summed E-state index contributed by atoms with van der Waals surface area (Å²) in [6, 6.07) is 18.2. The SMILES string of the molecule is Cc1ccccc1OC(c1cccnc1)N1CCc2cc(NC(=O)CC(C)(C)C)ccc21. The second-order valence-corrected chi connectivity index (χ2v) is 9.59. The van der Waals surface area contributed by atoms with Gasteiger partial charge in [0.1, 0.15) is 5.75 Å². The van der Waals surface area contributed by atoms with Gasteiger partial charge in [0, 0.05) is 42.3 Å². The maximum absolute atomic E-state index is 12.4. The van der Waals surface area contributed by atoms with Crippen LogP contribution in [0, 0.1) is 12.3 Å². The van der Waals surface area contributed by atoms with Crippen LogP contribution in [0.4, 0.5) is 11.4 Å². The Morgan fingerprint density at radius 2 is 1.97 bits per heavy atom. The number of aryl methyl sites for hydroxylation is 1. The number of nitrogens with one attached hydrogen (secondary N) is 1. The quantitative estimate of drug-likeness (QED) is 0.530. The van der Waals surface area contributed by atoms with Gasteiger partial charge in [-0.25, -0.2) is 0 Å². The summed E-state index contributed by atoms with van der Waals surface area (Å²) in [6.07, 6.45) is 4.74. The van der Waals surface area contributed by atoms with E-state index in [0.717, 1.165) is 41.2 Å². The molecule has 2 aromatic carbocycles. The van der Waals surface area contributed by atoms with Crippen LogP contribution >= 0.6 is 0 Å². The predicted molar refractivity (Wildman–Crippen MR) is 129 cm³/mol. The molecule has 32 heavy (non-hydrogen) atoms. The molecular weight excluding hydrogens is 398 g/mol. The number of amides is 1. The van der Waals surface area contributed by atoms with E-state index in [4.69, 9.17) is 4.74 Å². The zero-order valence-electron chi connectivity index (χ0n) is 19.3. The molecule has 5 heteroatoms. The van der Waals surface area contributed by atoms with Crippen LogP contribution in [0.5, 0.6) is 5.75 Å². The Labute approximate surface area is 190 Å². The van der Waals surface area contributed by atoms with Gasteiger partial charge in [0.15, 0.2) is 6.23 Å². The second-order valence-electron chi connectivity index (χ2n) is 9.59. The van der Waals surface area contributed by atoms with Crippen LogP contribution in [0.15, 0.2) is 67.0 Å². The van der Waals surface area contributed by atoms with E-state index in [9.17, 15) is 4.79 Å². The molecule has 1 amide bonds. The fourth-order valence-electron chi connectivity index (χ4n) is 4.08. The van der Waals surface area contributed by atoms with Crippen molar-refractivity contribution in [3.63, 3.8) is 0 Å². The molecule has 1 aliphatic rings. The van der Waals surface area contributed by atoms with E-state index in [1.807, 2.05) is 36.5 Å². The standard InChI is InChI=1S/C27H31N3O2/c1-19-8-5-6-10-24(19)32-26(21-9-7-14-28-18-21)30-15-13-20-16-22(11-12-23(20)30)29-25(31)17-27(2,3)4/h5-12,14,16,18,26H,13,15,17H2,1-4H3,(H,29,31). The maximum Gasteiger partial charge on any atom is 0.224 e. The van der Waals surface area contributed by atoms with Crippen molar-refractivity contribution in [1.29, 1.82) is 0 Å². The molecule has 0 bridgehead atoms. The largest absolute Gasteiger partial charge is 0.466 e. The molecule has 0 saturated carbocycles. The number of rotatable bonds is 6. The molecule has 166 valence electrons. The van der Waals surface area contributed by atoms with E-state index < -0.39 is 0 Å². The second kappa shape index (κ2) is 9.03. The summed E-state index contributed by atoms with van der Waals surface area (Å²) in [6.45, 7) is 9.10. The summed E-state index contributed by atoms with van der Waals surface area (Å²) in [5.74, 6) is 0.907. The van der Waals surface area contributed by atoms with Crippen LogP contribution in [0.1, 0.15) is 50.1 Å². The Morgan fingerprint density at radius 1 is 1.16 bits per heavy atom. The highest BCUT2D eigenvalue weighted by Gasteiger charge is 2.29. The molecule has 2 heterocycles. The van der Waals surface area contributed by atoms with Crippen molar-refractivity contribution in [3.8, 4) is 5.75 Å². The Bertz CT molecular complexity index is 1090. The smallest absolute Gasteiger partial charge is 0.224 e. The fourth-order valence-corrected chi connectivity index (χ4v) is 4.08. The molecule has 1 N–H and O–H groups in total. The lowest BCUT2D eigenvalue weighted by Crippen LogP contribution is -2.31. The molecule has 0 radical (unpaired) electrons. The number of carbonyl (C=O) groups is 1. The van der Waals surface area contributed by atoms with Crippen molar-refractivity contribution in [2.24, 2.45) is 5.41 Å². The van der Waals surface area contributed by atoms with Crippen molar-refractivity contribution in [1.82, 2.24) is 4.98 Å². The summed E-state index contributed by atoms with van der Waals surface area (Å²) in [5, 5.41) is 3.05. The van der Waals surface area contributed by atoms with Crippen molar-refractivity contribution in [2.45, 2.75) is 46.8 Å². The molecule has 3 aromatic rings. The van der Waals surface area contributed by atoms with Gasteiger partial charge in [-0.2, -0.15) is 0 Å². The predicted octanol–water partition coefficient (Wildman–Crippen LogP) is 5.91. The number of pyridine rings is 1. The number of hydrogen-bond acceptors (Lipinski definition) is 4. The Hall–Kier alpha value is -3.34. The monoisotopic (exact) mass is 429 g/mol. The van der Waals surface area contributed by atoms with Gasteiger partial charge in [-0.3, -0.25) is 9.78 Å². The lowest BCUT2D eigenvalue weighted by atomic mass is 9.92. The highest BCUT2D eigenvalue weighted by molar-refractivity contribution is 5.91. The average Bonchev–Trinajstić information content (AvgIpc) is 3.15. The van der Waals surface area contributed by atoms with Crippen LogP contribution in [0.25, 0.3) is 0 Å². The highest BCUT2D eigenvalue weighted by Crippen LogP contribution is 2.38. The number of hydrogen-bond donors (Lipinski definition) is 1. The third-order valence-corrected chi connectivity index (χ3v) is 5.57. The van der Waals surface area contributed by atoms with Crippen molar-refractivity contribution in [2.75, 3.05) is 16.8 Å². The van der Waals surface area contributed by atoms with Crippen LogP contribution in [0.2, 0.25) is 0 Å². The van der Waals surface area contributed by atoms with Crippen LogP contribution in [-0.2, 0) is 11.2 Å². The number of benzene rings is 2. The van der Waals surface area contributed by atoms with Gasteiger partial charge in [-0.05, 0) is 60.2 Å². The molecule has 0 saturated heterocycles. The number of carbonyl (C=O) groups excluding carboxylic acids is 1. The average molecular weight is 430 g/mol. The van der Waals surface area contributed by atoms with Crippen LogP contribution in [0.3, 0.4) is 0 Å². The first kappa shape index (κ1) is 21.9. The topological polar surface area (TPSA) is 54.5 Å². The molecule has 0 spiro atoms. The first-order chi connectivity index (χ1) is 15.3. The maximum atomic E-state index is 12.4. The van der Waals surface area contributed by atoms with Gasteiger partial charge < -0.3 is 15.0 Å². The summed E-state index contributed by atoms with van der Waals surface area (Å²) < 4.78 is 6.54. The zero-order valence-corrected chi connectivity index (χ0v) is 19.3. The first-order valence-corrected chi connectivity index (χ1v) is 11.1. The first-order valence-electron chi connectivity index (χ1n) is 11.1. The molecule has 1 atom stereocenters. The minimum Gasteiger partial charge on any atom is -0.466 e. The third-order valence-electron chi connectivity index (χ3n) is 5.57. The lowest BCUT2D eigenvalue weighted by Gasteiger charge is -2.31. The van der Waals surface area contributed by atoms with Gasteiger partial charge in [0.25, 0.3) is 0 Å². The van der Waals surface area contributed by atoms with Gasteiger partial charge in [0.2, 0.25) is 5.91 Å². The Morgan fingerprint density at radius 3 is 2.69 bits per heavy atom. The Balaban J connectivity index is 1.60. The Kier molecular flexibility index (Phi) is 6.17. The fraction of sp³-hybridized carbons (Fsp3) is 0.333. The van der Waals surface area contributed by atoms with Crippen molar-refractivity contribution < 1.29 is 9.53 Å². The van der Waals surface area contributed by atoms with E-state index in [1.54, 1.807) is 6.20 Å². The van der Waals surface area contributed by atoms with Gasteiger partial charge in [0.05, 0.1) is 0 Å². The van der Waals surface area contributed by atoms with Gasteiger partial charge >= 0.3 is 0 Å². The normalized spacial score (nSPS) is 14.1.